The van der Waals surface area contributed by atoms with Crippen LogP contribution < -0.4 is 17.0 Å². The number of nitrogens with two attached hydrogens (primary N) is 2. The molecule has 0 amide bonds. The number of aromatic nitrogens is 10. The van der Waals surface area contributed by atoms with Gasteiger partial charge in [-0.2, -0.15) is 9.67 Å². The third-order valence-corrected chi connectivity index (χ3v) is 11.1. The summed E-state index contributed by atoms with van der Waals surface area (Å²) in [6.45, 7) is -5.66. The predicted molar refractivity (Wildman–Crippen MR) is 151 cm³/mol. The molecule has 8 N–H and O–H groups in total. The van der Waals surface area contributed by atoms with Gasteiger partial charge in [-0.15, -0.1) is 22.0 Å². The van der Waals surface area contributed by atoms with Crippen molar-refractivity contribution in [3.63, 3.8) is 0 Å². The second-order valence-corrected chi connectivity index (χ2v) is 15.4. The highest BCUT2D eigenvalue weighted by molar-refractivity contribution is 8.07. The fourth-order valence-electron chi connectivity index (χ4n) is 5.00. The minimum Gasteiger partial charge on any atom is -0.389 e. The van der Waals surface area contributed by atoms with Gasteiger partial charge in [0.25, 0.3) is 5.56 Å². The molecule has 45 heavy (non-hydrogen) atoms. The van der Waals surface area contributed by atoms with Gasteiger partial charge in [0.2, 0.25) is 5.95 Å². The van der Waals surface area contributed by atoms with E-state index in [0.717, 1.165) is 27.5 Å². The first-order valence-electron chi connectivity index (χ1n) is 12.7. The zero-order valence-electron chi connectivity index (χ0n) is 22.1. The Hall–Kier alpha value is -2.80. The summed E-state index contributed by atoms with van der Waals surface area (Å²) in [4.78, 5) is 48.0. The van der Waals surface area contributed by atoms with E-state index in [0.29, 0.717) is 0 Å². The molecule has 4 aromatic heterocycles. The molecule has 7 rings (SSSR count). The number of halogens is 1. The molecule has 3 aliphatic rings. The number of nitrogen functional groups attached to an aromatic ring is 2. The monoisotopic (exact) mass is 710 g/mol. The van der Waals surface area contributed by atoms with Crippen LogP contribution in [-0.2, 0) is 39.2 Å². The van der Waals surface area contributed by atoms with Crippen LogP contribution in [0.4, 0.5) is 16.2 Å². The Morgan fingerprint density at radius 1 is 1.07 bits per heavy atom. The number of fused-ring (bicyclic) bond motifs is 5. The lowest BCUT2D eigenvalue weighted by atomic mass is 10.1. The van der Waals surface area contributed by atoms with E-state index in [1.165, 1.54) is 0 Å². The van der Waals surface area contributed by atoms with Crippen molar-refractivity contribution in [2.45, 2.75) is 47.4 Å². The van der Waals surface area contributed by atoms with Gasteiger partial charge in [-0.05, 0) is 11.8 Å². The fraction of sp³-hybridized carbons (Fsp3) is 0.556. The Bertz CT molecular complexity index is 1950. The van der Waals surface area contributed by atoms with Gasteiger partial charge in [0.05, 0.1) is 24.6 Å². The molecule has 3 saturated heterocycles. The summed E-state index contributed by atoms with van der Waals surface area (Å²) in [5.74, 6) is -0.287. The number of aromatic amines is 1. The van der Waals surface area contributed by atoms with Crippen LogP contribution in [0.1, 0.15) is 11.6 Å². The highest BCUT2D eigenvalue weighted by atomic mass is 32.5. The summed E-state index contributed by atoms with van der Waals surface area (Å²) in [7, 11) is -5.06. The smallest absolute Gasteiger partial charge is 0.389 e. The average molecular weight is 711 g/mol. The SMILES string of the molecule is Nc1nc2c(nnn2[C@@H]2S[C@@H]3COP(=O)(O)O[C@H]4[C@H](F)[C@H](n5nnc6c(N)ncnc65)O[C@@H]4COP(O)(=S)O[C@@H]2[C@@H]3O)c(=O)[nH]1. The minimum absolute atomic E-state index is 0.00332. The number of rotatable bonds is 2. The molecular formula is C18H21FN12O10P2S2. The Labute approximate surface area is 257 Å². The summed E-state index contributed by atoms with van der Waals surface area (Å²) in [6, 6.07) is 0. The third-order valence-electron chi connectivity index (χ3n) is 7.02. The largest absolute Gasteiger partial charge is 0.472 e. The topological polar surface area (TPSA) is 309 Å². The lowest BCUT2D eigenvalue weighted by Crippen LogP contribution is -2.35. The van der Waals surface area contributed by atoms with Gasteiger partial charge in [0.15, 0.2) is 40.5 Å². The molecular weight excluding hydrogens is 689 g/mol. The van der Waals surface area contributed by atoms with E-state index in [4.69, 9.17) is 46.1 Å². The molecule has 7 heterocycles. The summed E-state index contributed by atoms with van der Waals surface area (Å²) in [5, 5.41) is 24.4. The number of H-pyrrole nitrogens is 1. The maximum Gasteiger partial charge on any atom is 0.472 e. The molecule has 3 aliphatic heterocycles. The van der Waals surface area contributed by atoms with Crippen LogP contribution in [0.3, 0.4) is 0 Å². The quantitative estimate of drug-likeness (QED) is 0.126. The average Bonchev–Trinajstić information content (AvgIpc) is 3.72. The van der Waals surface area contributed by atoms with Gasteiger partial charge >= 0.3 is 14.5 Å². The van der Waals surface area contributed by atoms with Gasteiger partial charge in [0.1, 0.15) is 30.0 Å². The summed E-state index contributed by atoms with van der Waals surface area (Å²) < 4.78 is 58.3. The molecule has 22 nitrogen and oxygen atoms in total. The molecule has 242 valence electrons. The van der Waals surface area contributed by atoms with Crippen molar-refractivity contribution in [3.05, 3.63) is 16.7 Å². The lowest BCUT2D eigenvalue weighted by Gasteiger charge is -2.27. The first-order valence-corrected chi connectivity index (χ1v) is 17.7. The zero-order valence-corrected chi connectivity index (χ0v) is 25.5. The first-order chi connectivity index (χ1) is 21.3. The molecule has 0 radical (unpaired) electrons. The number of nitrogens with one attached hydrogen (secondary N) is 1. The molecule has 0 aromatic carbocycles. The highest BCUT2D eigenvalue weighted by Crippen LogP contribution is 2.56. The van der Waals surface area contributed by atoms with Crippen molar-refractivity contribution in [1.82, 2.24) is 49.9 Å². The van der Waals surface area contributed by atoms with E-state index >= 15 is 4.39 Å². The van der Waals surface area contributed by atoms with Gasteiger partial charge < -0.3 is 35.6 Å². The standard InChI is InChI=1S/C18H21FN12O10P2S2/c19-6-10-4(39-16(6)30-13-7(26-28-30)12(20)22-3-23-13)1-38-43(36,44)41-11-9(32)5(2-37-42(34,35)40-10)45-17(11)31-14-8(27-29-31)15(33)25-18(21)24-14/h3-6,9-11,16-17,32H,1-2H2,(H,34,35)(H,36,44)(H2,20,22,23)(H3,21,24,25,33)/t4-,5-,6+,9-,10-,11-,16-,17-,43?/m1/s1. The van der Waals surface area contributed by atoms with Crippen LogP contribution in [0.5, 0.6) is 0 Å². The summed E-state index contributed by atoms with van der Waals surface area (Å²) in [6.07, 6.45) is -8.96. The number of thioether (sulfide) groups is 1. The zero-order chi connectivity index (χ0) is 31.8. The molecule has 2 unspecified atom stereocenters. The fourth-order valence-corrected chi connectivity index (χ4v) is 9.03. The Morgan fingerprint density at radius 3 is 2.62 bits per heavy atom. The van der Waals surface area contributed by atoms with E-state index in [-0.39, 0.29) is 34.1 Å². The number of anilines is 2. The maximum atomic E-state index is 15.9. The number of alkyl halides is 1. The van der Waals surface area contributed by atoms with Crippen LogP contribution in [-0.4, -0.2) is 114 Å². The van der Waals surface area contributed by atoms with Gasteiger partial charge in [-0.3, -0.25) is 23.3 Å². The summed E-state index contributed by atoms with van der Waals surface area (Å²) in [5.41, 5.74) is 10.5. The van der Waals surface area contributed by atoms with E-state index in [9.17, 15) is 24.3 Å². The van der Waals surface area contributed by atoms with Crippen molar-refractivity contribution >= 4 is 72.2 Å². The Balaban J connectivity index is 1.21. The highest BCUT2D eigenvalue weighted by Gasteiger charge is 2.54. The van der Waals surface area contributed by atoms with Gasteiger partial charge in [-0.25, -0.2) is 23.6 Å². The Kier molecular flexibility index (Phi) is 7.65. The molecule has 10 atom stereocenters. The van der Waals surface area contributed by atoms with Gasteiger partial charge in [0, 0.05) is 0 Å². The number of phosphoric ester groups is 1. The van der Waals surface area contributed by atoms with Crippen molar-refractivity contribution in [1.29, 1.82) is 0 Å². The molecule has 0 saturated carbocycles. The molecule has 0 spiro atoms. The Morgan fingerprint density at radius 2 is 1.82 bits per heavy atom. The van der Waals surface area contributed by atoms with Crippen molar-refractivity contribution < 1.29 is 46.7 Å². The van der Waals surface area contributed by atoms with Crippen LogP contribution in [0, 0.1) is 0 Å². The second-order valence-electron chi connectivity index (χ2n) is 9.86. The number of aliphatic hydroxyl groups is 1. The molecule has 3 fully saturated rings. The molecule has 27 heteroatoms. The molecule has 4 aromatic rings. The number of hydrogen-bond donors (Lipinski definition) is 6. The number of ether oxygens (including phenoxy) is 1. The van der Waals surface area contributed by atoms with Crippen LogP contribution in [0.25, 0.3) is 22.3 Å². The first kappa shape index (κ1) is 30.8. The normalized spacial score (nSPS) is 37.7. The number of phosphoric acid groups is 1. The van der Waals surface area contributed by atoms with Gasteiger partial charge in [-0.1, -0.05) is 10.4 Å². The van der Waals surface area contributed by atoms with Crippen molar-refractivity contribution in [3.8, 4) is 0 Å². The number of aliphatic hydroxyl groups excluding tert-OH is 1. The van der Waals surface area contributed by atoms with E-state index in [2.05, 4.69) is 40.6 Å². The lowest BCUT2D eigenvalue weighted by molar-refractivity contribution is -0.0511. The summed E-state index contributed by atoms with van der Waals surface area (Å²) >= 11 is 6.10. The predicted octanol–water partition coefficient (Wildman–Crippen LogP) is -1.74. The second kappa shape index (κ2) is 11.2. The van der Waals surface area contributed by atoms with Crippen molar-refractivity contribution in [2.24, 2.45) is 0 Å². The van der Waals surface area contributed by atoms with E-state index < -0.39 is 80.8 Å². The maximum absolute atomic E-state index is 15.9. The molecule has 2 bridgehead atoms. The van der Waals surface area contributed by atoms with E-state index in [1.54, 1.807) is 0 Å². The van der Waals surface area contributed by atoms with Crippen LogP contribution in [0.15, 0.2) is 11.1 Å². The number of nitrogens with zero attached hydrogens (tertiary/aromatic N) is 9. The van der Waals surface area contributed by atoms with Crippen LogP contribution >= 0.6 is 26.3 Å². The van der Waals surface area contributed by atoms with Crippen LogP contribution in [0.2, 0.25) is 0 Å². The molecule has 0 aliphatic carbocycles. The minimum atomic E-state index is -5.06. The number of hydrogen-bond acceptors (Lipinski definition) is 19. The third kappa shape index (κ3) is 5.51. The van der Waals surface area contributed by atoms with Crippen molar-refractivity contribution in [2.75, 3.05) is 24.7 Å². The van der Waals surface area contributed by atoms with E-state index in [1.807, 2.05) is 0 Å².